The fraction of sp³-hybridized carbons (Fsp3) is 0.500. The molecule has 2 rings (SSSR count). The fourth-order valence-corrected chi connectivity index (χ4v) is 4.81. The number of nitrogens with one attached hydrogen (secondary N) is 2. The van der Waals surface area contributed by atoms with Crippen molar-refractivity contribution in [1.82, 2.24) is 14.9 Å². The van der Waals surface area contributed by atoms with Gasteiger partial charge in [0.25, 0.3) is 5.91 Å². The summed E-state index contributed by atoms with van der Waals surface area (Å²) in [4.78, 5) is 47.2. The predicted molar refractivity (Wildman–Crippen MR) is 112 cm³/mol. The third kappa shape index (κ3) is 6.50. The molecule has 32 heavy (non-hydrogen) atoms. The summed E-state index contributed by atoms with van der Waals surface area (Å²) in [6, 6.07) is 4.90. The molecule has 1 fully saturated rings. The molecule has 0 spiro atoms. The highest BCUT2D eigenvalue weighted by molar-refractivity contribution is 7.89. The Morgan fingerprint density at radius 1 is 1.12 bits per heavy atom. The van der Waals surface area contributed by atoms with Crippen LogP contribution in [-0.2, 0) is 29.1 Å². The Bertz CT molecular complexity index is 969. The van der Waals surface area contributed by atoms with Crippen molar-refractivity contribution >= 4 is 33.9 Å². The molecule has 0 radical (unpaired) electrons. The smallest absolute Gasteiger partial charge is 0.339 e. The molecule has 0 aliphatic carbocycles. The summed E-state index contributed by atoms with van der Waals surface area (Å²) in [5.41, 5.74) is -0.0657. The number of urea groups is 1. The number of hydrogen-bond acceptors (Lipinski definition) is 8. The van der Waals surface area contributed by atoms with Gasteiger partial charge in [0.2, 0.25) is 10.0 Å². The number of piperidine rings is 1. The van der Waals surface area contributed by atoms with Gasteiger partial charge in [0.05, 0.1) is 23.5 Å². The van der Waals surface area contributed by atoms with Crippen molar-refractivity contribution in [2.45, 2.75) is 37.6 Å². The van der Waals surface area contributed by atoms with Gasteiger partial charge in [-0.25, -0.2) is 18.0 Å². The second kappa shape index (κ2) is 11.0. The summed E-state index contributed by atoms with van der Waals surface area (Å²) in [6.07, 6.45) is 0.377. The number of rotatable bonds is 7. The average molecular weight is 470 g/mol. The lowest BCUT2D eigenvalue weighted by Crippen LogP contribution is -2.44. The molecule has 0 atom stereocenters. The van der Waals surface area contributed by atoms with Gasteiger partial charge in [0.15, 0.2) is 6.61 Å². The van der Waals surface area contributed by atoms with Crippen LogP contribution in [0.5, 0.6) is 0 Å². The monoisotopic (exact) mass is 469 g/mol. The van der Waals surface area contributed by atoms with Crippen molar-refractivity contribution < 1.29 is 37.1 Å². The van der Waals surface area contributed by atoms with E-state index >= 15 is 0 Å². The Balaban J connectivity index is 1.91. The number of imide groups is 1. The van der Waals surface area contributed by atoms with Crippen LogP contribution in [0.2, 0.25) is 0 Å². The van der Waals surface area contributed by atoms with Gasteiger partial charge in [0, 0.05) is 19.1 Å². The van der Waals surface area contributed by atoms with E-state index in [9.17, 15) is 27.6 Å². The lowest BCUT2D eigenvalue weighted by molar-refractivity contribution is -0.153. The molecule has 0 aromatic heterocycles. The first-order valence-electron chi connectivity index (χ1n) is 10.0. The third-order valence-corrected chi connectivity index (χ3v) is 6.67. The largest absolute Gasteiger partial charge is 0.465 e. The Morgan fingerprint density at radius 3 is 2.34 bits per heavy atom. The van der Waals surface area contributed by atoms with Gasteiger partial charge in [-0.3, -0.25) is 14.9 Å². The molecule has 1 aliphatic rings. The summed E-state index contributed by atoms with van der Waals surface area (Å²) in [5.74, 6) is -2.76. The maximum absolute atomic E-state index is 13.0. The molecule has 1 heterocycles. The quantitative estimate of drug-likeness (QED) is 0.553. The van der Waals surface area contributed by atoms with Crippen molar-refractivity contribution in [2.24, 2.45) is 5.92 Å². The third-order valence-electron chi connectivity index (χ3n) is 4.72. The van der Waals surface area contributed by atoms with Crippen LogP contribution in [0.3, 0.4) is 0 Å². The molecule has 0 unspecified atom stereocenters. The van der Waals surface area contributed by atoms with E-state index in [1.807, 2.05) is 5.32 Å². The van der Waals surface area contributed by atoms with Crippen LogP contribution in [0.15, 0.2) is 29.2 Å². The van der Waals surface area contributed by atoms with E-state index in [0.717, 1.165) is 0 Å². The summed E-state index contributed by atoms with van der Waals surface area (Å²) in [7, 11) is -2.81. The SMILES string of the molecule is COC(=O)c1ccccc1S(=O)(=O)N1CCC(C(=O)OCC(=O)NC(=O)NC(C)C)CC1. The number of ether oxygens (including phenoxy) is 2. The highest BCUT2D eigenvalue weighted by Crippen LogP contribution is 2.26. The molecule has 1 aromatic rings. The number of methoxy groups -OCH3 is 1. The van der Waals surface area contributed by atoms with Gasteiger partial charge in [-0.2, -0.15) is 4.31 Å². The summed E-state index contributed by atoms with van der Waals surface area (Å²) in [6.45, 7) is 2.92. The molecule has 2 N–H and O–H groups in total. The van der Waals surface area contributed by atoms with Crippen LogP contribution in [0.4, 0.5) is 4.79 Å². The minimum Gasteiger partial charge on any atom is -0.465 e. The van der Waals surface area contributed by atoms with Gasteiger partial charge in [0.1, 0.15) is 0 Å². The standard InChI is InChI=1S/C20H27N3O8S/c1-13(2)21-20(27)22-17(24)12-31-18(25)14-8-10-23(11-9-14)32(28,29)16-7-5-4-6-15(16)19(26)30-3/h4-7,13-14H,8-12H2,1-3H3,(H2,21,22,24,27). The van der Waals surface area contributed by atoms with Crippen LogP contribution in [0.1, 0.15) is 37.0 Å². The van der Waals surface area contributed by atoms with Gasteiger partial charge < -0.3 is 14.8 Å². The molecular weight excluding hydrogens is 442 g/mol. The molecular formula is C20H27N3O8S. The zero-order valence-electron chi connectivity index (χ0n) is 18.1. The van der Waals surface area contributed by atoms with Gasteiger partial charge in [-0.15, -0.1) is 0 Å². The van der Waals surface area contributed by atoms with Crippen LogP contribution in [-0.4, -0.2) is 69.4 Å². The molecule has 0 bridgehead atoms. The zero-order valence-corrected chi connectivity index (χ0v) is 18.9. The number of hydrogen-bond donors (Lipinski definition) is 2. The molecule has 12 heteroatoms. The first kappa shape index (κ1) is 25.3. The second-order valence-corrected chi connectivity index (χ2v) is 9.36. The highest BCUT2D eigenvalue weighted by atomic mass is 32.2. The van der Waals surface area contributed by atoms with Gasteiger partial charge >= 0.3 is 18.0 Å². The van der Waals surface area contributed by atoms with Crippen LogP contribution in [0.25, 0.3) is 0 Å². The number of nitrogens with zero attached hydrogens (tertiary/aromatic N) is 1. The van der Waals surface area contributed by atoms with Gasteiger partial charge in [-0.05, 0) is 38.8 Å². The number of amides is 3. The highest BCUT2D eigenvalue weighted by Gasteiger charge is 2.35. The van der Waals surface area contributed by atoms with Crippen molar-refractivity contribution in [3.05, 3.63) is 29.8 Å². The zero-order chi connectivity index (χ0) is 23.9. The number of carbonyl (C=O) groups is 4. The number of benzene rings is 1. The van der Waals surface area contributed by atoms with Crippen LogP contribution < -0.4 is 10.6 Å². The van der Waals surface area contributed by atoms with Crippen molar-refractivity contribution in [3.63, 3.8) is 0 Å². The van der Waals surface area contributed by atoms with Crippen molar-refractivity contribution in [3.8, 4) is 0 Å². The maximum Gasteiger partial charge on any atom is 0.339 e. The summed E-state index contributed by atoms with van der Waals surface area (Å²) < 4.78 is 36.8. The predicted octanol–water partition coefficient (Wildman–Crippen LogP) is 0.651. The Labute approximate surface area is 186 Å². The minimum atomic E-state index is -3.97. The lowest BCUT2D eigenvalue weighted by Gasteiger charge is -2.30. The van der Waals surface area contributed by atoms with Crippen LogP contribution >= 0.6 is 0 Å². The van der Waals surface area contributed by atoms with E-state index in [2.05, 4.69) is 10.1 Å². The van der Waals surface area contributed by atoms with E-state index in [-0.39, 0.29) is 42.4 Å². The first-order valence-corrected chi connectivity index (χ1v) is 11.4. The minimum absolute atomic E-state index is 0.0423. The average Bonchev–Trinajstić information content (AvgIpc) is 2.76. The normalized spacial score (nSPS) is 15.1. The van der Waals surface area contributed by atoms with E-state index in [0.29, 0.717) is 0 Å². The second-order valence-electron chi connectivity index (χ2n) is 7.45. The molecule has 11 nitrogen and oxygen atoms in total. The van der Waals surface area contributed by atoms with E-state index in [1.54, 1.807) is 13.8 Å². The summed E-state index contributed by atoms with van der Waals surface area (Å²) >= 11 is 0. The molecule has 0 saturated carbocycles. The molecule has 176 valence electrons. The lowest BCUT2D eigenvalue weighted by atomic mass is 9.98. The van der Waals surface area contributed by atoms with E-state index in [1.165, 1.54) is 35.7 Å². The summed E-state index contributed by atoms with van der Waals surface area (Å²) in [5, 5.41) is 4.51. The molecule has 1 aliphatic heterocycles. The molecule has 3 amide bonds. The van der Waals surface area contributed by atoms with Crippen molar-refractivity contribution in [1.29, 1.82) is 0 Å². The van der Waals surface area contributed by atoms with Crippen LogP contribution in [0, 0.1) is 5.92 Å². The first-order chi connectivity index (χ1) is 15.1. The van der Waals surface area contributed by atoms with E-state index < -0.39 is 46.4 Å². The maximum atomic E-state index is 13.0. The fourth-order valence-electron chi connectivity index (χ4n) is 3.16. The topological polar surface area (TPSA) is 148 Å². The molecule has 1 aromatic carbocycles. The Hall–Kier alpha value is -2.99. The number of esters is 2. The van der Waals surface area contributed by atoms with Gasteiger partial charge in [-0.1, -0.05) is 12.1 Å². The number of sulfonamides is 1. The van der Waals surface area contributed by atoms with Crippen molar-refractivity contribution in [2.75, 3.05) is 26.8 Å². The number of carbonyl (C=O) groups excluding carboxylic acids is 4. The Morgan fingerprint density at radius 2 is 1.75 bits per heavy atom. The molecule has 1 saturated heterocycles. The Kier molecular flexibility index (Phi) is 8.72. The van der Waals surface area contributed by atoms with E-state index in [4.69, 9.17) is 4.74 Å².